The first-order chi connectivity index (χ1) is 12.1. The number of ketones is 1. The summed E-state index contributed by atoms with van der Waals surface area (Å²) in [5, 5.41) is 5.43. The number of carbonyl (C=O) groups is 3. The molecular formula is C20H22N2O3. The maximum atomic E-state index is 12.1. The van der Waals surface area contributed by atoms with Crippen molar-refractivity contribution in [2.24, 2.45) is 0 Å². The number of amides is 2. The van der Waals surface area contributed by atoms with Gasteiger partial charge in [-0.15, -0.1) is 0 Å². The molecule has 2 amide bonds. The molecule has 0 aromatic heterocycles. The molecule has 5 heteroatoms. The summed E-state index contributed by atoms with van der Waals surface area (Å²) in [5.74, 6) is -0.378. The Balaban J connectivity index is 1.76. The molecule has 25 heavy (non-hydrogen) atoms. The van der Waals surface area contributed by atoms with Crippen molar-refractivity contribution in [2.75, 3.05) is 13.1 Å². The van der Waals surface area contributed by atoms with Crippen molar-refractivity contribution in [3.8, 4) is 11.1 Å². The van der Waals surface area contributed by atoms with Gasteiger partial charge in [-0.3, -0.25) is 9.59 Å². The molecule has 130 valence electrons. The Morgan fingerprint density at radius 2 is 1.36 bits per heavy atom. The molecule has 0 saturated carbocycles. The molecular weight excluding hydrogens is 316 g/mol. The third-order valence-electron chi connectivity index (χ3n) is 3.69. The third kappa shape index (κ3) is 6.22. The van der Waals surface area contributed by atoms with Crippen molar-refractivity contribution in [3.05, 3.63) is 60.2 Å². The van der Waals surface area contributed by atoms with Crippen molar-refractivity contribution in [3.63, 3.8) is 0 Å². The van der Waals surface area contributed by atoms with Crippen LogP contribution in [0.4, 0.5) is 0 Å². The molecule has 2 rings (SSSR count). The van der Waals surface area contributed by atoms with Crippen molar-refractivity contribution < 1.29 is 14.4 Å². The average Bonchev–Trinajstić information content (AvgIpc) is 2.64. The zero-order valence-corrected chi connectivity index (χ0v) is 14.2. The number of hydrogen-bond donors (Lipinski definition) is 2. The van der Waals surface area contributed by atoms with Crippen LogP contribution in [0.3, 0.4) is 0 Å². The lowest BCUT2D eigenvalue weighted by Crippen LogP contribution is -2.34. The summed E-state index contributed by atoms with van der Waals surface area (Å²) in [5.41, 5.74) is 2.72. The van der Waals surface area contributed by atoms with Gasteiger partial charge < -0.3 is 15.4 Å². The molecule has 0 atom stereocenters. The van der Waals surface area contributed by atoms with Crippen LogP contribution in [0, 0.1) is 0 Å². The fourth-order valence-electron chi connectivity index (χ4n) is 2.30. The molecule has 2 N–H and O–H groups in total. The highest BCUT2D eigenvalue weighted by atomic mass is 16.2. The van der Waals surface area contributed by atoms with Crippen LogP contribution in [0.5, 0.6) is 0 Å². The molecule has 0 aliphatic carbocycles. The maximum Gasteiger partial charge on any atom is 0.251 e. The summed E-state index contributed by atoms with van der Waals surface area (Å²) in [7, 11) is 0. The Hall–Kier alpha value is -2.95. The minimum atomic E-state index is -0.184. The third-order valence-corrected chi connectivity index (χ3v) is 3.69. The number of carbonyl (C=O) groups excluding carboxylic acids is 3. The molecule has 2 aromatic carbocycles. The predicted octanol–water partition coefficient (Wildman–Crippen LogP) is 2.57. The highest BCUT2D eigenvalue weighted by Crippen LogP contribution is 2.19. The molecule has 0 unspecified atom stereocenters. The first-order valence-electron chi connectivity index (χ1n) is 8.26. The Labute approximate surface area is 147 Å². The number of benzene rings is 2. The quantitative estimate of drug-likeness (QED) is 0.727. The van der Waals surface area contributed by atoms with Crippen molar-refractivity contribution in [2.45, 2.75) is 19.8 Å². The predicted molar refractivity (Wildman–Crippen MR) is 97.1 cm³/mol. The molecule has 2 aromatic rings. The Kier molecular flexibility index (Phi) is 6.89. The molecule has 0 bridgehead atoms. The minimum Gasteiger partial charge on any atom is -0.354 e. The second-order valence-electron chi connectivity index (χ2n) is 5.75. The largest absolute Gasteiger partial charge is 0.354 e. The SMILES string of the molecule is CC(=O)CCC(=O)NCCNC(=O)c1ccc(-c2ccccc2)cc1. The van der Waals surface area contributed by atoms with Gasteiger partial charge in [-0.05, 0) is 30.2 Å². The van der Waals surface area contributed by atoms with Gasteiger partial charge in [0.2, 0.25) is 5.91 Å². The smallest absolute Gasteiger partial charge is 0.251 e. The van der Waals surface area contributed by atoms with E-state index in [9.17, 15) is 14.4 Å². The van der Waals surface area contributed by atoms with Gasteiger partial charge in [0.25, 0.3) is 5.91 Å². The zero-order chi connectivity index (χ0) is 18.1. The van der Waals surface area contributed by atoms with Crippen LogP contribution in [0.2, 0.25) is 0 Å². The summed E-state index contributed by atoms with van der Waals surface area (Å²) in [6, 6.07) is 17.3. The van der Waals surface area contributed by atoms with Crippen LogP contribution in [0.1, 0.15) is 30.1 Å². The van der Waals surface area contributed by atoms with E-state index < -0.39 is 0 Å². The normalized spacial score (nSPS) is 10.1. The number of hydrogen-bond acceptors (Lipinski definition) is 3. The second-order valence-corrected chi connectivity index (χ2v) is 5.75. The van der Waals surface area contributed by atoms with Crippen molar-refractivity contribution >= 4 is 17.6 Å². The van der Waals surface area contributed by atoms with E-state index >= 15 is 0 Å². The van der Waals surface area contributed by atoms with E-state index in [0.717, 1.165) is 11.1 Å². The van der Waals surface area contributed by atoms with Gasteiger partial charge in [0.1, 0.15) is 5.78 Å². The molecule has 0 saturated heterocycles. The fraction of sp³-hybridized carbons (Fsp3) is 0.250. The van der Waals surface area contributed by atoms with Gasteiger partial charge in [-0.2, -0.15) is 0 Å². The Morgan fingerprint density at radius 3 is 2.00 bits per heavy atom. The number of rotatable bonds is 8. The van der Waals surface area contributed by atoms with Gasteiger partial charge in [0.05, 0.1) is 0 Å². The standard InChI is InChI=1S/C20H22N2O3/c1-15(23)7-12-19(24)21-13-14-22-20(25)18-10-8-17(9-11-18)16-5-3-2-4-6-16/h2-6,8-11H,7,12-14H2,1H3,(H,21,24)(H,22,25). The lowest BCUT2D eigenvalue weighted by atomic mass is 10.0. The van der Waals surface area contributed by atoms with Gasteiger partial charge >= 0.3 is 0 Å². The zero-order valence-electron chi connectivity index (χ0n) is 14.2. The molecule has 0 radical (unpaired) electrons. The molecule has 5 nitrogen and oxygen atoms in total. The van der Waals surface area contributed by atoms with Gasteiger partial charge in [-0.1, -0.05) is 42.5 Å². The molecule has 0 aliphatic heterocycles. The summed E-state index contributed by atoms with van der Waals surface area (Å²) < 4.78 is 0. The highest BCUT2D eigenvalue weighted by molar-refractivity contribution is 5.94. The first kappa shape index (κ1) is 18.4. The average molecular weight is 338 g/mol. The molecule has 0 aliphatic rings. The number of nitrogens with one attached hydrogen (secondary N) is 2. The lowest BCUT2D eigenvalue weighted by molar-refractivity contribution is -0.124. The number of Topliss-reactive ketones (excluding diaryl/α,β-unsaturated/α-hetero) is 1. The van der Waals surface area contributed by atoms with Crippen LogP contribution >= 0.6 is 0 Å². The molecule has 0 heterocycles. The minimum absolute atomic E-state index is 0.0117. The van der Waals surface area contributed by atoms with Gasteiger partial charge in [-0.25, -0.2) is 0 Å². The van der Waals surface area contributed by atoms with E-state index in [2.05, 4.69) is 10.6 Å². The highest BCUT2D eigenvalue weighted by Gasteiger charge is 2.06. The summed E-state index contributed by atoms with van der Waals surface area (Å²) in [6.07, 6.45) is 0.427. The van der Waals surface area contributed by atoms with Crippen LogP contribution < -0.4 is 10.6 Å². The topological polar surface area (TPSA) is 75.3 Å². The summed E-state index contributed by atoms with van der Waals surface area (Å²) >= 11 is 0. The first-order valence-corrected chi connectivity index (χ1v) is 8.26. The van der Waals surface area contributed by atoms with Crippen molar-refractivity contribution in [1.29, 1.82) is 0 Å². The van der Waals surface area contributed by atoms with E-state index in [-0.39, 0.29) is 30.4 Å². The summed E-state index contributed by atoms with van der Waals surface area (Å²) in [4.78, 5) is 34.3. The van der Waals surface area contributed by atoms with Crippen molar-refractivity contribution in [1.82, 2.24) is 10.6 Å². The Morgan fingerprint density at radius 1 is 0.760 bits per heavy atom. The molecule has 0 fully saturated rings. The van der Waals surface area contributed by atoms with E-state index in [1.807, 2.05) is 42.5 Å². The fourth-order valence-corrected chi connectivity index (χ4v) is 2.30. The Bertz CT molecular complexity index is 724. The van der Waals surface area contributed by atoms with E-state index in [4.69, 9.17) is 0 Å². The lowest BCUT2D eigenvalue weighted by Gasteiger charge is -2.08. The molecule has 0 spiro atoms. The van der Waals surface area contributed by atoms with E-state index in [1.165, 1.54) is 6.92 Å². The second kappa shape index (κ2) is 9.37. The van der Waals surface area contributed by atoms with E-state index in [1.54, 1.807) is 12.1 Å². The van der Waals surface area contributed by atoms with Crippen LogP contribution in [-0.2, 0) is 9.59 Å². The van der Waals surface area contributed by atoms with Crippen LogP contribution in [-0.4, -0.2) is 30.7 Å². The van der Waals surface area contributed by atoms with Gasteiger partial charge in [0.15, 0.2) is 0 Å². The summed E-state index contributed by atoms with van der Waals surface area (Å²) in [6.45, 7) is 2.13. The van der Waals surface area contributed by atoms with E-state index in [0.29, 0.717) is 18.7 Å². The van der Waals surface area contributed by atoms with Gasteiger partial charge in [0, 0.05) is 31.5 Å². The van der Waals surface area contributed by atoms with Crippen LogP contribution in [0.15, 0.2) is 54.6 Å². The monoisotopic (exact) mass is 338 g/mol. The maximum absolute atomic E-state index is 12.1. The van der Waals surface area contributed by atoms with Crippen LogP contribution in [0.25, 0.3) is 11.1 Å².